The molecule has 3 rings (SSSR count). The lowest BCUT2D eigenvalue weighted by Crippen LogP contribution is -2.41. The Bertz CT molecular complexity index is 692. The van der Waals surface area contributed by atoms with Gasteiger partial charge in [-0.15, -0.1) is 0 Å². The number of likely N-dealkylation sites (tertiary alicyclic amines) is 1. The van der Waals surface area contributed by atoms with E-state index >= 15 is 0 Å². The fraction of sp³-hybridized carbons (Fsp3) is 0.350. The molecule has 4 nitrogen and oxygen atoms in total. The van der Waals surface area contributed by atoms with Crippen molar-refractivity contribution in [2.75, 3.05) is 18.8 Å². The summed E-state index contributed by atoms with van der Waals surface area (Å²) >= 11 is 0. The Hall–Kier alpha value is -2.33. The van der Waals surface area contributed by atoms with Gasteiger partial charge in [0.05, 0.1) is 12.7 Å². The summed E-state index contributed by atoms with van der Waals surface area (Å²) in [5, 5.41) is 0. The van der Waals surface area contributed by atoms with Gasteiger partial charge in [0.15, 0.2) is 0 Å². The minimum Gasteiger partial charge on any atom is -0.399 e. The minimum absolute atomic E-state index is 0.0707. The summed E-state index contributed by atoms with van der Waals surface area (Å²) < 4.78 is 5.99. The SMILES string of the molecule is Cc1ccc(N)cc1C(=O)N1CCC(OCc2ccccc2)CC1. The molecule has 0 radical (unpaired) electrons. The standard InChI is InChI=1S/C20H24N2O2/c1-15-7-8-17(21)13-19(15)20(23)22-11-9-18(10-12-22)24-14-16-5-3-2-4-6-16/h2-8,13,18H,9-12,14,21H2,1H3. The maximum absolute atomic E-state index is 12.7. The Morgan fingerprint density at radius 3 is 2.58 bits per heavy atom. The molecule has 1 aliphatic rings. The number of nitrogens with zero attached hydrogens (tertiary/aromatic N) is 1. The van der Waals surface area contributed by atoms with Crippen LogP contribution in [0.2, 0.25) is 0 Å². The number of aryl methyl sites for hydroxylation is 1. The Kier molecular flexibility index (Phi) is 5.16. The van der Waals surface area contributed by atoms with E-state index < -0.39 is 0 Å². The molecule has 1 amide bonds. The first-order valence-electron chi connectivity index (χ1n) is 8.44. The topological polar surface area (TPSA) is 55.6 Å². The van der Waals surface area contributed by atoms with Crippen molar-refractivity contribution in [3.05, 3.63) is 65.2 Å². The summed E-state index contributed by atoms with van der Waals surface area (Å²) in [6.45, 7) is 4.04. The average Bonchev–Trinajstić information content (AvgIpc) is 2.63. The van der Waals surface area contributed by atoms with E-state index in [1.807, 2.05) is 42.2 Å². The van der Waals surface area contributed by atoms with Gasteiger partial charge >= 0.3 is 0 Å². The van der Waals surface area contributed by atoms with E-state index in [1.54, 1.807) is 6.07 Å². The second kappa shape index (κ2) is 7.49. The fourth-order valence-electron chi connectivity index (χ4n) is 3.05. The third kappa shape index (κ3) is 3.95. The third-order valence-electron chi connectivity index (χ3n) is 4.55. The van der Waals surface area contributed by atoms with Crippen LogP contribution in [0.5, 0.6) is 0 Å². The van der Waals surface area contributed by atoms with Crippen LogP contribution < -0.4 is 5.73 Å². The molecule has 0 saturated carbocycles. The largest absolute Gasteiger partial charge is 0.399 e. The number of nitrogen functional groups attached to an aromatic ring is 1. The molecule has 2 aromatic carbocycles. The molecule has 0 atom stereocenters. The molecule has 4 heteroatoms. The van der Waals surface area contributed by atoms with E-state index in [0.29, 0.717) is 17.9 Å². The van der Waals surface area contributed by atoms with E-state index in [0.717, 1.165) is 31.5 Å². The molecule has 2 N–H and O–H groups in total. The molecule has 2 aromatic rings. The number of carbonyl (C=O) groups is 1. The lowest BCUT2D eigenvalue weighted by molar-refractivity contribution is -0.000392. The highest BCUT2D eigenvalue weighted by Crippen LogP contribution is 2.20. The highest BCUT2D eigenvalue weighted by Gasteiger charge is 2.25. The summed E-state index contributed by atoms with van der Waals surface area (Å²) in [7, 11) is 0. The Morgan fingerprint density at radius 1 is 1.17 bits per heavy atom. The van der Waals surface area contributed by atoms with Crippen LogP contribution in [0.15, 0.2) is 48.5 Å². The molecule has 0 aliphatic carbocycles. The van der Waals surface area contributed by atoms with Crippen molar-refractivity contribution >= 4 is 11.6 Å². The number of ether oxygens (including phenoxy) is 1. The molecule has 0 unspecified atom stereocenters. The van der Waals surface area contributed by atoms with Crippen molar-refractivity contribution in [2.24, 2.45) is 0 Å². The summed E-state index contributed by atoms with van der Waals surface area (Å²) in [6.07, 6.45) is 1.97. The molecule has 24 heavy (non-hydrogen) atoms. The summed E-state index contributed by atoms with van der Waals surface area (Å²) in [5.41, 5.74) is 9.31. The van der Waals surface area contributed by atoms with Crippen LogP contribution in [0, 0.1) is 6.92 Å². The van der Waals surface area contributed by atoms with E-state index in [1.165, 1.54) is 5.56 Å². The first kappa shape index (κ1) is 16.5. The van der Waals surface area contributed by atoms with E-state index in [9.17, 15) is 4.79 Å². The van der Waals surface area contributed by atoms with Gasteiger partial charge in [-0.1, -0.05) is 36.4 Å². The van der Waals surface area contributed by atoms with Crippen molar-refractivity contribution < 1.29 is 9.53 Å². The van der Waals surface area contributed by atoms with Crippen LogP contribution in [-0.4, -0.2) is 30.0 Å². The molecule has 1 fully saturated rings. The number of piperidine rings is 1. The Balaban J connectivity index is 1.53. The fourth-order valence-corrected chi connectivity index (χ4v) is 3.05. The van der Waals surface area contributed by atoms with Crippen molar-refractivity contribution in [2.45, 2.75) is 32.5 Å². The lowest BCUT2D eigenvalue weighted by Gasteiger charge is -2.32. The molecule has 0 aromatic heterocycles. The van der Waals surface area contributed by atoms with Gasteiger partial charge in [0.1, 0.15) is 0 Å². The Labute approximate surface area is 143 Å². The van der Waals surface area contributed by atoms with Crippen LogP contribution in [0.25, 0.3) is 0 Å². The molecule has 0 bridgehead atoms. The molecule has 0 spiro atoms. The van der Waals surface area contributed by atoms with Gasteiger partial charge in [-0.25, -0.2) is 0 Å². The quantitative estimate of drug-likeness (QED) is 0.877. The van der Waals surface area contributed by atoms with E-state index in [-0.39, 0.29) is 12.0 Å². The zero-order valence-corrected chi connectivity index (χ0v) is 14.1. The van der Waals surface area contributed by atoms with E-state index in [2.05, 4.69) is 12.1 Å². The summed E-state index contributed by atoms with van der Waals surface area (Å²) in [6, 6.07) is 15.7. The van der Waals surface area contributed by atoms with Crippen LogP contribution in [-0.2, 0) is 11.3 Å². The number of hydrogen-bond acceptors (Lipinski definition) is 3. The van der Waals surface area contributed by atoms with Gasteiger partial charge in [0.25, 0.3) is 5.91 Å². The second-order valence-corrected chi connectivity index (χ2v) is 6.36. The lowest BCUT2D eigenvalue weighted by atomic mass is 10.0. The minimum atomic E-state index is 0.0707. The first-order chi connectivity index (χ1) is 11.6. The van der Waals surface area contributed by atoms with Crippen LogP contribution in [0.4, 0.5) is 5.69 Å². The monoisotopic (exact) mass is 324 g/mol. The highest BCUT2D eigenvalue weighted by atomic mass is 16.5. The number of rotatable bonds is 4. The smallest absolute Gasteiger partial charge is 0.254 e. The molecular formula is C20H24N2O2. The van der Waals surface area contributed by atoms with Crippen LogP contribution in [0.1, 0.15) is 34.3 Å². The predicted molar refractivity (Wildman–Crippen MR) is 95.7 cm³/mol. The van der Waals surface area contributed by atoms with Gasteiger partial charge in [-0.05, 0) is 43.0 Å². The number of benzene rings is 2. The zero-order chi connectivity index (χ0) is 16.9. The number of hydrogen-bond donors (Lipinski definition) is 1. The van der Waals surface area contributed by atoms with Crippen LogP contribution in [0.3, 0.4) is 0 Å². The molecule has 1 heterocycles. The molecule has 1 aliphatic heterocycles. The molecular weight excluding hydrogens is 300 g/mol. The van der Waals surface area contributed by atoms with Crippen molar-refractivity contribution in [1.29, 1.82) is 0 Å². The van der Waals surface area contributed by atoms with Gasteiger partial charge in [0, 0.05) is 24.3 Å². The van der Waals surface area contributed by atoms with E-state index in [4.69, 9.17) is 10.5 Å². The maximum atomic E-state index is 12.7. The second-order valence-electron chi connectivity index (χ2n) is 6.36. The highest BCUT2D eigenvalue weighted by molar-refractivity contribution is 5.96. The van der Waals surface area contributed by atoms with Gasteiger partial charge < -0.3 is 15.4 Å². The Morgan fingerprint density at radius 2 is 1.88 bits per heavy atom. The summed E-state index contributed by atoms with van der Waals surface area (Å²) in [5.74, 6) is 0.0707. The number of carbonyl (C=O) groups excluding carboxylic acids is 1. The summed E-state index contributed by atoms with van der Waals surface area (Å²) in [4.78, 5) is 14.6. The van der Waals surface area contributed by atoms with Crippen LogP contribution >= 0.6 is 0 Å². The third-order valence-corrected chi connectivity index (χ3v) is 4.55. The zero-order valence-electron chi connectivity index (χ0n) is 14.1. The van der Waals surface area contributed by atoms with Crippen molar-refractivity contribution in [1.82, 2.24) is 4.90 Å². The predicted octanol–water partition coefficient (Wildman–Crippen LogP) is 3.40. The van der Waals surface area contributed by atoms with Gasteiger partial charge in [-0.3, -0.25) is 4.79 Å². The maximum Gasteiger partial charge on any atom is 0.254 e. The first-order valence-corrected chi connectivity index (χ1v) is 8.44. The van der Waals surface area contributed by atoms with Crippen molar-refractivity contribution in [3.63, 3.8) is 0 Å². The van der Waals surface area contributed by atoms with Gasteiger partial charge in [0.2, 0.25) is 0 Å². The average molecular weight is 324 g/mol. The molecule has 1 saturated heterocycles. The number of nitrogens with two attached hydrogens (primary N) is 1. The normalized spacial score (nSPS) is 15.5. The molecule has 126 valence electrons. The number of anilines is 1. The number of amides is 1. The van der Waals surface area contributed by atoms with Crippen molar-refractivity contribution in [3.8, 4) is 0 Å². The van der Waals surface area contributed by atoms with Gasteiger partial charge in [-0.2, -0.15) is 0 Å².